The minimum Gasteiger partial charge on any atom is -0.361 e. The van der Waals surface area contributed by atoms with E-state index in [-0.39, 0.29) is 0 Å². The van der Waals surface area contributed by atoms with Gasteiger partial charge in [-0.25, -0.2) is 0 Å². The number of ether oxygens (including phenoxy) is 1. The minimum atomic E-state index is -0.813. The van der Waals surface area contributed by atoms with Crippen LogP contribution in [0.3, 0.4) is 0 Å². The van der Waals surface area contributed by atoms with E-state index in [0.29, 0.717) is 6.61 Å². The second kappa shape index (κ2) is 3.19. The Labute approximate surface area is 93.4 Å². The molecule has 3 nitrogen and oxygen atoms in total. The lowest BCUT2D eigenvalue weighted by molar-refractivity contribution is -0.132. The summed E-state index contributed by atoms with van der Waals surface area (Å²) in [6, 6.07) is 8.12. The first-order chi connectivity index (χ1) is 7.74. The third kappa shape index (κ3) is 1.15. The SMILES string of the molecule is CC1(C=O)OCCc2c1[nH]c1ccccc21. The van der Waals surface area contributed by atoms with Crippen LogP contribution in [0.5, 0.6) is 0 Å². The van der Waals surface area contributed by atoms with Gasteiger partial charge in [0, 0.05) is 10.9 Å². The summed E-state index contributed by atoms with van der Waals surface area (Å²) < 4.78 is 5.57. The summed E-state index contributed by atoms with van der Waals surface area (Å²) in [7, 11) is 0. The summed E-state index contributed by atoms with van der Waals surface area (Å²) in [5.74, 6) is 0. The maximum absolute atomic E-state index is 11.2. The normalized spacial score (nSPS) is 24.3. The van der Waals surface area contributed by atoms with E-state index in [1.54, 1.807) is 0 Å². The number of hydrogen-bond acceptors (Lipinski definition) is 2. The molecule has 3 rings (SSSR count). The van der Waals surface area contributed by atoms with Gasteiger partial charge < -0.3 is 9.72 Å². The quantitative estimate of drug-likeness (QED) is 0.741. The molecule has 0 bridgehead atoms. The summed E-state index contributed by atoms with van der Waals surface area (Å²) in [6.07, 6.45) is 1.74. The molecule has 2 heterocycles. The molecule has 3 heteroatoms. The van der Waals surface area contributed by atoms with Crippen LogP contribution < -0.4 is 0 Å². The molecule has 1 atom stereocenters. The van der Waals surface area contributed by atoms with Crippen molar-refractivity contribution < 1.29 is 9.53 Å². The standard InChI is InChI=1S/C13H13NO2/c1-13(8-15)12-10(6-7-16-13)9-4-2-3-5-11(9)14-12/h2-5,8,14H,6-7H2,1H3. The molecule has 1 unspecified atom stereocenters. The number of hydrogen-bond donors (Lipinski definition) is 1. The van der Waals surface area contributed by atoms with Gasteiger partial charge in [0.05, 0.1) is 12.3 Å². The lowest BCUT2D eigenvalue weighted by atomic mass is 9.94. The Kier molecular flexibility index (Phi) is 1.91. The van der Waals surface area contributed by atoms with Crippen LogP contribution in [0.1, 0.15) is 18.2 Å². The van der Waals surface area contributed by atoms with Crippen LogP contribution in [-0.2, 0) is 21.6 Å². The molecule has 0 saturated carbocycles. The summed E-state index contributed by atoms with van der Waals surface area (Å²) in [5.41, 5.74) is 2.39. The molecule has 1 N–H and O–H groups in total. The number of carbonyl (C=O) groups excluding carboxylic acids is 1. The molecule has 0 spiro atoms. The fourth-order valence-electron chi connectivity index (χ4n) is 2.41. The average molecular weight is 215 g/mol. The molecule has 0 amide bonds. The molecule has 1 aliphatic rings. The maximum Gasteiger partial charge on any atom is 0.160 e. The minimum absolute atomic E-state index is 0.601. The fourth-order valence-corrected chi connectivity index (χ4v) is 2.41. The van der Waals surface area contributed by atoms with Gasteiger partial charge in [-0.2, -0.15) is 0 Å². The predicted octanol–water partition coefficient (Wildman–Crippen LogP) is 2.15. The first-order valence-electron chi connectivity index (χ1n) is 5.45. The predicted molar refractivity (Wildman–Crippen MR) is 61.4 cm³/mol. The topological polar surface area (TPSA) is 42.1 Å². The Morgan fingerprint density at radius 3 is 3.06 bits per heavy atom. The van der Waals surface area contributed by atoms with E-state index in [1.807, 2.05) is 25.1 Å². The first kappa shape index (κ1) is 9.60. The number of benzene rings is 1. The van der Waals surface area contributed by atoms with Gasteiger partial charge in [0.2, 0.25) is 0 Å². The van der Waals surface area contributed by atoms with E-state index < -0.39 is 5.60 Å². The lowest BCUT2D eigenvalue weighted by Crippen LogP contribution is -2.34. The Balaban J connectivity index is 2.33. The van der Waals surface area contributed by atoms with Crippen LogP contribution in [0.2, 0.25) is 0 Å². The number of para-hydroxylation sites is 1. The smallest absolute Gasteiger partial charge is 0.160 e. The van der Waals surface area contributed by atoms with E-state index in [0.717, 1.165) is 23.9 Å². The molecule has 82 valence electrons. The van der Waals surface area contributed by atoms with Gasteiger partial charge in [0.25, 0.3) is 0 Å². The van der Waals surface area contributed by atoms with Crippen LogP contribution in [-0.4, -0.2) is 17.9 Å². The molecule has 0 saturated heterocycles. The van der Waals surface area contributed by atoms with E-state index in [2.05, 4.69) is 11.1 Å². The van der Waals surface area contributed by atoms with E-state index in [9.17, 15) is 4.79 Å². The highest BCUT2D eigenvalue weighted by molar-refractivity contribution is 5.87. The molecule has 0 fully saturated rings. The molecule has 0 aliphatic carbocycles. The van der Waals surface area contributed by atoms with Crippen molar-refractivity contribution in [3.63, 3.8) is 0 Å². The highest BCUT2D eigenvalue weighted by atomic mass is 16.5. The summed E-state index contributed by atoms with van der Waals surface area (Å²) in [6.45, 7) is 2.41. The van der Waals surface area contributed by atoms with Crippen LogP contribution in [0, 0.1) is 0 Å². The van der Waals surface area contributed by atoms with Crippen LogP contribution in [0.4, 0.5) is 0 Å². The zero-order chi connectivity index (χ0) is 11.2. The molecule has 1 aromatic carbocycles. The number of aromatic nitrogens is 1. The highest BCUT2D eigenvalue weighted by Gasteiger charge is 2.35. The van der Waals surface area contributed by atoms with Gasteiger partial charge >= 0.3 is 0 Å². The Morgan fingerprint density at radius 2 is 2.25 bits per heavy atom. The molecule has 1 aliphatic heterocycles. The zero-order valence-corrected chi connectivity index (χ0v) is 9.12. The van der Waals surface area contributed by atoms with E-state index in [4.69, 9.17) is 4.74 Å². The van der Waals surface area contributed by atoms with Gasteiger partial charge in [0.15, 0.2) is 11.9 Å². The lowest BCUT2D eigenvalue weighted by Gasteiger charge is -2.28. The van der Waals surface area contributed by atoms with Gasteiger partial charge in [-0.3, -0.25) is 4.79 Å². The molecule has 2 aromatic rings. The van der Waals surface area contributed by atoms with E-state index >= 15 is 0 Å². The zero-order valence-electron chi connectivity index (χ0n) is 9.12. The van der Waals surface area contributed by atoms with Crippen molar-refractivity contribution in [1.29, 1.82) is 0 Å². The highest BCUT2D eigenvalue weighted by Crippen LogP contribution is 2.35. The summed E-state index contributed by atoms with van der Waals surface area (Å²) >= 11 is 0. The molecular weight excluding hydrogens is 202 g/mol. The third-order valence-electron chi connectivity index (χ3n) is 3.29. The van der Waals surface area contributed by atoms with Crippen molar-refractivity contribution in [2.24, 2.45) is 0 Å². The van der Waals surface area contributed by atoms with Crippen LogP contribution >= 0.6 is 0 Å². The maximum atomic E-state index is 11.2. The van der Waals surface area contributed by atoms with Gasteiger partial charge in [-0.15, -0.1) is 0 Å². The Bertz CT molecular complexity index is 558. The number of aromatic amines is 1. The van der Waals surface area contributed by atoms with Gasteiger partial charge in [-0.05, 0) is 25.0 Å². The summed E-state index contributed by atoms with van der Waals surface area (Å²) in [5, 5.41) is 1.20. The molecule has 1 aromatic heterocycles. The second-order valence-corrected chi connectivity index (χ2v) is 4.35. The number of nitrogens with one attached hydrogen (secondary N) is 1. The van der Waals surface area contributed by atoms with Crippen LogP contribution in [0.25, 0.3) is 10.9 Å². The number of carbonyl (C=O) groups is 1. The van der Waals surface area contributed by atoms with Crippen molar-refractivity contribution in [3.05, 3.63) is 35.5 Å². The third-order valence-corrected chi connectivity index (χ3v) is 3.29. The van der Waals surface area contributed by atoms with Crippen molar-refractivity contribution in [2.45, 2.75) is 18.9 Å². The van der Waals surface area contributed by atoms with Crippen molar-refractivity contribution in [3.8, 4) is 0 Å². The Morgan fingerprint density at radius 1 is 1.44 bits per heavy atom. The average Bonchev–Trinajstić information content (AvgIpc) is 2.70. The largest absolute Gasteiger partial charge is 0.361 e. The van der Waals surface area contributed by atoms with Gasteiger partial charge in [0.1, 0.15) is 0 Å². The van der Waals surface area contributed by atoms with Gasteiger partial charge in [-0.1, -0.05) is 18.2 Å². The number of aldehydes is 1. The first-order valence-corrected chi connectivity index (χ1v) is 5.45. The van der Waals surface area contributed by atoms with Crippen molar-refractivity contribution >= 4 is 17.2 Å². The van der Waals surface area contributed by atoms with Crippen molar-refractivity contribution in [2.75, 3.05) is 6.61 Å². The van der Waals surface area contributed by atoms with Crippen LogP contribution in [0.15, 0.2) is 24.3 Å². The monoisotopic (exact) mass is 215 g/mol. The Hall–Kier alpha value is -1.61. The molecule has 0 radical (unpaired) electrons. The molecule has 16 heavy (non-hydrogen) atoms. The number of H-pyrrole nitrogens is 1. The number of rotatable bonds is 1. The number of fused-ring (bicyclic) bond motifs is 3. The fraction of sp³-hybridized carbons (Fsp3) is 0.308. The molecular formula is C13H13NO2. The second-order valence-electron chi connectivity index (χ2n) is 4.35. The van der Waals surface area contributed by atoms with E-state index in [1.165, 1.54) is 10.9 Å². The summed E-state index contributed by atoms with van der Waals surface area (Å²) in [4.78, 5) is 14.5. The van der Waals surface area contributed by atoms with Crippen molar-refractivity contribution in [1.82, 2.24) is 4.98 Å².